The molecule has 0 spiro atoms. The van der Waals surface area contributed by atoms with Gasteiger partial charge in [-0.25, -0.2) is 13.4 Å². The number of piperidine rings is 1. The van der Waals surface area contributed by atoms with Crippen molar-refractivity contribution in [2.24, 2.45) is 5.92 Å². The molecular weight excluding hydrogens is 633 g/mol. The van der Waals surface area contributed by atoms with Crippen LogP contribution in [0, 0.1) is 19.8 Å². The number of rotatable bonds is 7. The normalized spacial score (nSPS) is 19.6. The van der Waals surface area contributed by atoms with Crippen LogP contribution in [-0.2, 0) is 34.0 Å². The number of sulfonamides is 1. The Balaban J connectivity index is 1.45. The summed E-state index contributed by atoms with van der Waals surface area (Å²) in [5.41, 5.74) is 3.90. The fourth-order valence-electron chi connectivity index (χ4n) is 7.03. The number of hydrogen-bond acceptors (Lipinski definition) is 7. The maximum atomic E-state index is 14.2. The zero-order valence-corrected chi connectivity index (χ0v) is 27.4. The van der Waals surface area contributed by atoms with Gasteiger partial charge in [-0.1, -0.05) is 32.0 Å². The molecule has 3 atom stereocenters. The molecule has 0 radical (unpaired) electrons. The Labute approximate surface area is 271 Å². The number of pyridine rings is 2. The number of hydrogen-bond donors (Lipinski definition) is 1. The summed E-state index contributed by atoms with van der Waals surface area (Å²) in [5.74, 6) is -3.49. The molecule has 0 saturated carbocycles. The Morgan fingerprint density at radius 3 is 2.60 bits per heavy atom. The van der Waals surface area contributed by atoms with E-state index in [0.717, 1.165) is 41.3 Å². The molecule has 1 saturated heterocycles. The van der Waals surface area contributed by atoms with E-state index >= 15 is 0 Å². The van der Waals surface area contributed by atoms with Gasteiger partial charge in [-0.15, -0.1) is 10.2 Å². The SMILES string of the molecule is CCc1c([C@H](c2ccc(C)c(CN3C[C@@H]4CCCCN4c4ncc(C)cc4S3(=O)=O)c2)C(C)C(=O)O)ccn2c(C(F)(F)F)nnc12. The van der Waals surface area contributed by atoms with E-state index in [4.69, 9.17) is 0 Å². The summed E-state index contributed by atoms with van der Waals surface area (Å²) >= 11 is 0. The molecule has 0 bridgehead atoms. The summed E-state index contributed by atoms with van der Waals surface area (Å²) in [6.07, 6.45) is 1.26. The second-order valence-electron chi connectivity index (χ2n) is 12.6. The van der Waals surface area contributed by atoms with Crippen LogP contribution in [0.4, 0.5) is 19.0 Å². The lowest BCUT2D eigenvalue weighted by atomic mass is 9.79. The predicted octanol–water partition coefficient (Wildman–Crippen LogP) is 5.74. The predicted molar refractivity (Wildman–Crippen MR) is 169 cm³/mol. The van der Waals surface area contributed by atoms with E-state index in [9.17, 15) is 31.5 Å². The molecule has 10 nitrogen and oxygen atoms in total. The molecule has 0 amide bonds. The summed E-state index contributed by atoms with van der Waals surface area (Å²) in [6, 6.07) is 8.63. The minimum atomic E-state index is -4.72. The Morgan fingerprint density at radius 2 is 1.89 bits per heavy atom. The van der Waals surface area contributed by atoms with E-state index in [1.165, 1.54) is 16.6 Å². The highest BCUT2D eigenvalue weighted by Crippen LogP contribution is 2.40. The molecule has 2 aliphatic rings. The van der Waals surface area contributed by atoms with Crippen molar-refractivity contribution in [1.29, 1.82) is 0 Å². The van der Waals surface area contributed by atoms with Crippen LogP contribution >= 0.6 is 0 Å². The van der Waals surface area contributed by atoms with Crippen LogP contribution in [0.2, 0.25) is 0 Å². The van der Waals surface area contributed by atoms with Crippen LogP contribution in [0.25, 0.3) is 5.65 Å². The number of aromatic nitrogens is 4. The van der Waals surface area contributed by atoms with Gasteiger partial charge in [-0.3, -0.25) is 9.20 Å². The van der Waals surface area contributed by atoms with Gasteiger partial charge in [0.05, 0.1) is 5.92 Å². The van der Waals surface area contributed by atoms with E-state index in [2.05, 4.69) is 20.1 Å². The summed E-state index contributed by atoms with van der Waals surface area (Å²) in [6.45, 7) is 8.09. The molecule has 1 unspecified atom stereocenters. The smallest absolute Gasteiger partial charge is 0.452 e. The lowest BCUT2D eigenvalue weighted by Crippen LogP contribution is -2.45. The third-order valence-corrected chi connectivity index (χ3v) is 11.3. The number of alkyl halides is 3. The van der Waals surface area contributed by atoms with Gasteiger partial charge in [-0.2, -0.15) is 17.5 Å². The van der Waals surface area contributed by atoms with Crippen LogP contribution in [0.3, 0.4) is 0 Å². The van der Waals surface area contributed by atoms with Crippen LogP contribution in [0.15, 0.2) is 47.6 Å². The van der Waals surface area contributed by atoms with Gasteiger partial charge >= 0.3 is 12.1 Å². The van der Waals surface area contributed by atoms with Gasteiger partial charge < -0.3 is 10.0 Å². The van der Waals surface area contributed by atoms with E-state index in [1.54, 1.807) is 32.2 Å². The number of aliphatic carboxylic acids is 1. The molecule has 2 aliphatic heterocycles. The molecule has 14 heteroatoms. The third kappa shape index (κ3) is 5.86. The molecule has 250 valence electrons. The first-order valence-electron chi connectivity index (χ1n) is 15.7. The standard InChI is InChI=1S/C33H37F3N6O4S/c1-5-25-26(11-13-42-29(25)38-39-32(42)33(34,35)36)28(21(4)31(43)44)22-10-9-20(3)23(15-22)17-40-18-24-8-6-7-12-41(24)30-27(47(40,45)46)14-19(2)16-37-30/h9-11,13-16,21,24,28H,5-8,12,17-18H2,1-4H3,(H,43,44)/t21?,24-,28-/m0/s1. The molecule has 1 N–H and O–H groups in total. The lowest BCUT2D eigenvalue weighted by Gasteiger charge is -2.36. The highest BCUT2D eigenvalue weighted by atomic mass is 32.2. The monoisotopic (exact) mass is 670 g/mol. The fourth-order valence-corrected chi connectivity index (χ4v) is 8.72. The first-order chi connectivity index (χ1) is 22.2. The zero-order chi connectivity index (χ0) is 33.8. The van der Waals surface area contributed by atoms with Crippen molar-refractivity contribution in [1.82, 2.24) is 23.9 Å². The molecule has 1 aromatic carbocycles. The van der Waals surface area contributed by atoms with E-state index in [1.807, 2.05) is 26.0 Å². The zero-order valence-electron chi connectivity index (χ0n) is 26.6. The Kier molecular flexibility index (Phi) is 8.54. The number of carbonyl (C=O) groups is 1. The second kappa shape index (κ2) is 12.2. The minimum Gasteiger partial charge on any atom is -0.481 e. The van der Waals surface area contributed by atoms with Crippen molar-refractivity contribution in [3.8, 4) is 0 Å². The van der Waals surface area contributed by atoms with Crippen molar-refractivity contribution in [2.45, 2.75) is 83.0 Å². The topological polar surface area (TPSA) is 121 Å². The number of halogens is 3. The molecule has 3 aromatic heterocycles. The molecule has 6 rings (SSSR count). The minimum absolute atomic E-state index is 0.0162. The maximum absolute atomic E-state index is 14.2. The Hall–Kier alpha value is -4.04. The summed E-state index contributed by atoms with van der Waals surface area (Å²) in [4.78, 5) is 19.3. The van der Waals surface area contributed by atoms with Crippen molar-refractivity contribution in [3.05, 3.63) is 81.9 Å². The molecule has 1 fully saturated rings. The molecule has 47 heavy (non-hydrogen) atoms. The first kappa shape index (κ1) is 32.9. The van der Waals surface area contributed by atoms with Gasteiger partial charge in [0, 0.05) is 49.6 Å². The van der Waals surface area contributed by atoms with Crippen LogP contribution < -0.4 is 4.90 Å². The Morgan fingerprint density at radius 1 is 1.13 bits per heavy atom. The molecule has 4 aromatic rings. The summed E-state index contributed by atoms with van der Waals surface area (Å²) in [7, 11) is -3.95. The number of carboxylic acids is 1. The molecular formula is C33H37F3N6O4S. The number of benzene rings is 1. The number of nitrogens with zero attached hydrogens (tertiary/aromatic N) is 6. The number of aryl methyl sites for hydroxylation is 3. The third-order valence-electron chi connectivity index (χ3n) is 9.53. The average Bonchev–Trinajstić information content (AvgIpc) is 3.44. The van der Waals surface area contributed by atoms with Gasteiger partial charge in [0.25, 0.3) is 0 Å². The van der Waals surface area contributed by atoms with Crippen LogP contribution in [0.5, 0.6) is 0 Å². The van der Waals surface area contributed by atoms with Gasteiger partial charge in [0.2, 0.25) is 15.8 Å². The quantitative estimate of drug-likeness (QED) is 0.265. The van der Waals surface area contributed by atoms with E-state index in [0.29, 0.717) is 28.1 Å². The average molecular weight is 671 g/mol. The van der Waals surface area contributed by atoms with Crippen molar-refractivity contribution in [2.75, 3.05) is 18.0 Å². The largest absolute Gasteiger partial charge is 0.481 e. The summed E-state index contributed by atoms with van der Waals surface area (Å²) in [5, 5.41) is 17.4. The molecule has 5 heterocycles. The number of anilines is 1. The van der Waals surface area contributed by atoms with E-state index < -0.39 is 39.8 Å². The van der Waals surface area contributed by atoms with Gasteiger partial charge in [-0.05, 0) is 79.5 Å². The summed E-state index contributed by atoms with van der Waals surface area (Å²) < 4.78 is 71.8. The van der Waals surface area contributed by atoms with Gasteiger partial charge in [0.1, 0.15) is 10.7 Å². The lowest BCUT2D eigenvalue weighted by molar-refractivity contribution is -0.145. The first-order valence-corrected chi connectivity index (χ1v) is 17.2. The Bertz CT molecular complexity index is 1960. The van der Waals surface area contributed by atoms with Crippen molar-refractivity contribution in [3.63, 3.8) is 0 Å². The van der Waals surface area contributed by atoms with Crippen LogP contribution in [0.1, 0.15) is 78.2 Å². The fraction of sp³-hybridized carbons (Fsp3) is 0.455. The second-order valence-corrected chi connectivity index (χ2v) is 14.5. The van der Waals surface area contributed by atoms with Crippen molar-refractivity contribution >= 4 is 27.5 Å². The number of carboxylic acid groups (broad SMARTS) is 1. The van der Waals surface area contributed by atoms with Gasteiger partial charge in [0.15, 0.2) is 5.65 Å². The highest BCUT2D eigenvalue weighted by molar-refractivity contribution is 7.89. The van der Waals surface area contributed by atoms with E-state index in [-0.39, 0.29) is 36.1 Å². The maximum Gasteiger partial charge on any atom is 0.452 e. The van der Waals surface area contributed by atoms with Crippen molar-refractivity contribution < 1.29 is 31.5 Å². The number of fused-ring (bicyclic) bond motifs is 4. The van der Waals surface area contributed by atoms with Crippen LogP contribution in [-0.4, -0.2) is 62.5 Å². The highest BCUT2D eigenvalue weighted by Gasteiger charge is 2.40. The molecule has 0 aliphatic carbocycles.